The fourth-order valence-electron chi connectivity index (χ4n) is 3.34. The number of aromatic nitrogens is 4. The molecule has 3 aromatic heterocycles. The number of benzene rings is 1. The van der Waals surface area contributed by atoms with Gasteiger partial charge in [-0.1, -0.05) is 13.8 Å². The number of halogens is 3. The number of nitriles is 1. The monoisotopic (exact) mass is 478 g/mol. The third-order valence-electron chi connectivity index (χ3n) is 4.92. The minimum atomic E-state index is -4.58. The first-order chi connectivity index (χ1) is 16.7. The zero-order chi connectivity index (χ0) is 25.0. The van der Waals surface area contributed by atoms with E-state index in [1.165, 1.54) is 18.3 Å². The maximum absolute atomic E-state index is 13.5. The van der Waals surface area contributed by atoms with E-state index in [-0.39, 0.29) is 23.6 Å². The summed E-state index contributed by atoms with van der Waals surface area (Å²) in [5, 5.41) is 12.7. The average Bonchev–Trinajstić information content (AvgIpc) is 2.83. The number of hydrogen-bond donors (Lipinski definition) is 1. The van der Waals surface area contributed by atoms with Gasteiger partial charge in [0, 0.05) is 18.5 Å². The first-order valence-electron chi connectivity index (χ1n) is 10.8. The molecule has 0 fully saturated rings. The van der Waals surface area contributed by atoms with E-state index < -0.39 is 11.7 Å². The first kappa shape index (κ1) is 24.0. The number of nitrogens with one attached hydrogen (secondary N) is 1. The van der Waals surface area contributed by atoms with Gasteiger partial charge in [-0.15, -0.1) is 0 Å². The summed E-state index contributed by atoms with van der Waals surface area (Å²) >= 11 is 0. The Balaban J connectivity index is 1.79. The molecule has 35 heavy (non-hydrogen) atoms. The van der Waals surface area contributed by atoms with Crippen LogP contribution >= 0.6 is 0 Å². The van der Waals surface area contributed by atoms with Crippen LogP contribution in [-0.4, -0.2) is 26.5 Å². The largest absolute Gasteiger partial charge is 0.418 e. The molecule has 1 aromatic carbocycles. The summed E-state index contributed by atoms with van der Waals surface area (Å²) in [6, 6.07) is 14.1. The van der Waals surface area contributed by atoms with Gasteiger partial charge in [-0.25, -0.2) is 15.0 Å². The smallest absolute Gasteiger partial charge is 0.373 e. The number of nitrogens with zero attached hydrogens (tertiary/aromatic N) is 5. The van der Waals surface area contributed by atoms with Crippen molar-refractivity contribution in [3.8, 4) is 17.5 Å². The van der Waals surface area contributed by atoms with Gasteiger partial charge in [-0.3, -0.25) is 4.98 Å². The van der Waals surface area contributed by atoms with Crippen molar-refractivity contribution >= 4 is 22.5 Å². The molecule has 0 amide bonds. The second kappa shape index (κ2) is 10.0. The van der Waals surface area contributed by atoms with Crippen LogP contribution in [0.2, 0.25) is 0 Å². The van der Waals surface area contributed by atoms with Crippen molar-refractivity contribution in [2.45, 2.75) is 26.6 Å². The molecule has 1 N–H and O–H groups in total. The molecule has 10 heteroatoms. The summed E-state index contributed by atoms with van der Waals surface area (Å²) in [4.78, 5) is 17.3. The topological polar surface area (TPSA) is 96.6 Å². The lowest BCUT2D eigenvalue weighted by Gasteiger charge is -2.14. The van der Waals surface area contributed by atoms with Crippen molar-refractivity contribution in [1.82, 2.24) is 19.9 Å². The molecule has 0 aliphatic carbocycles. The van der Waals surface area contributed by atoms with Crippen LogP contribution in [0, 0.1) is 17.2 Å². The van der Waals surface area contributed by atoms with E-state index >= 15 is 0 Å². The van der Waals surface area contributed by atoms with Crippen molar-refractivity contribution in [2.24, 2.45) is 5.92 Å². The minimum Gasteiger partial charge on any atom is -0.373 e. The minimum absolute atomic E-state index is 0.0440. The summed E-state index contributed by atoms with van der Waals surface area (Å²) in [5.41, 5.74) is 0.273. The summed E-state index contributed by atoms with van der Waals surface area (Å²) in [7, 11) is 0. The zero-order valence-corrected chi connectivity index (χ0v) is 19.0. The van der Waals surface area contributed by atoms with Gasteiger partial charge in [0.05, 0.1) is 28.3 Å². The summed E-state index contributed by atoms with van der Waals surface area (Å²) in [5.74, 6) is 1.05. The Labute approximate surface area is 199 Å². The fourth-order valence-corrected chi connectivity index (χ4v) is 3.34. The Hall–Kier alpha value is -4.10. The molecule has 0 saturated heterocycles. The van der Waals surface area contributed by atoms with Gasteiger partial charge >= 0.3 is 6.18 Å². The molecule has 0 spiro atoms. The van der Waals surface area contributed by atoms with Crippen molar-refractivity contribution in [3.63, 3.8) is 0 Å². The van der Waals surface area contributed by atoms with Crippen LogP contribution < -0.4 is 5.32 Å². The standard InChI is InChI=1S/C25H21F3N6O/c1-15(2)13-35-14-21-33-23(31-17-7-5-16(12-29)6-8-17)18-9-10-20(32-24(18)34-21)22-19(25(26,27)28)4-3-11-30-22/h3-11,15H,13-14H2,1-2H3,(H,31,32,33,34). The fraction of sp³-hybridized carbons (Fsp3) is 0.240. The Kier molecular flexibility index (Phi) is 6.89. The van der Waals surface area contributed by atoms with Gasteiger partial charge in [0.1, 0.15) is 18.1 Å². The molecule has 178 valence electrons. The molecular weight excluding hydrogens is 457 g/mol. The summed E-state index contributed by atoms with van der Waals surface area (Å²) in [6.07, 6.45) is -3.29. The van der Waals surface area contributed by atoms with Crippen molar-refractivity contribution in [1.29, 1.82) is 5.26 Å². The van der Waals surface area contributed by atoms with Crippen LogP contribution in [-0.2, 0) is 17.5 Å². The van der Waals surface area contributed by atoms with E-state index in [4.69, 9.17) is 10.00 Å². The molecule has 0 atom stereocenters. The maximum atomic E-state index is 13.5. The van der Waals surface area contributed by atoms with Crippen molar-refractivity contribution < 1.29 is 17.9 Å². The second-order valence-corrected chi connectivity index (χ2v) is 8.18. The highest BCUT2D eigenvalue weighted by Crippen LogP contribution is 2.36. The summed E-state index contributed by atoms with van der Waals surface area (Å²) in [6.45, 7) is 4.63. The van der Waals surface area contributed by atoms with E-state index in [9.17, 15) is 13.2 Å². The second-order valence-electron chi connectivity index (χ2n) is 8.18. The van der Waals surface area contributed by atoms with Gasteiger partial charge in [0.25, 0.3) is 0 Å². The Bertz CT molecular complexity index is 1380. The van der Waals surface area contributed by atoms with Crippen LogP contribution in [0.15, 0.2) is 54.7 Å². The molecule has 0 aliphatic rings. The lowest BCUT2D eigenvalue weighted by Crippen LogP contribution is -2.10. The highest BCUT2D eigenvalue weighted by Gasteiger charge is 2.34. The molecule has 0 saturated carbocycles. The number of pyridine rings is 2. The first-order valence-corrected chi connectivity index (χ1v) is 10.8. The number of anilines is 2. The molecule has 4 rings (SSSR count). The number of hydrogen-bond acceptors (Lipinski definition) is 7. The Morgan fingerprint density at radius 2 is 1.80 bits per heavy atom. The predicted molar refractivity (Wildman–Crippen MR) is 124 cm³/mol. The van der Waals surface area contributed by atoms with Gasteiger partial charge < -0.3 is 10.1 Å². The number of alkyl halides is 3. The van der Waals surface area contributed by atoms with Gasteiger partial charge in [-0.2, -0.15) is 18.4 Å². The molecule has 4 aromatic rings. The zero-order valence-electron chi connectivity index (χ0n) is 19.0. The van der Waals surface area contributed by atoms with E-state index in [1.807, 2.05) is 13.8 Å². The normalized spacial score (nSPS) is 11.6. The number of ether oxygens (including phenoxy) is 1. The van der Waals surface area contributed by atoms with Gasteiger partial charge in [0.15, 0.2) is 11.5 Å². The molecule has 0 aliphatic heterocycles. The van der Waals surface area contributed by atoms with Crippen molar-refractivity contribution in [3.05, 3.63) is 71.7 Å². The molecule has 3 heterocycles. The molecular formula is C25H21F3N6O. The average molecular weight is 478 g/mol. The lowest BCUT2D eigenvalue weighted by molar-refractivity contribution is -0.137. The third kappa shape index (κ3) is 5.70. The van der Waals surface area contributed by atoms with E-state index in [1.54, 1.807) is 30.3 Å². The van der Waals surface area contributed by atoms with Crippen LogP contribution in [0.1, 0.15) is 30.8 Å². The highest BCUT2D eigenvalue weighted by atomic mass is 19.4. The number of fused-ring (bicyclic) bond motifs is 1. The quantitative estimate of drug-likeness (QED) is 0.354. The van der Waals surface area contributed by atoms with Crippen LogP contribution in [0.4, 0.5) is 24.7 Å². The molecule has 0 bridgehead atoms. The van der Waals surface area contributed by atoms with E-state index in [0.717, 1.165) is 6.07 Å². The SMILES string of the molecule is CC(C)COCc1nc(Nc2ccc(C#N)cc2)c2ccc(-c3ncccc3C(F)(F)F)nc2n1. The lowest BCUT2D eigenvalue weighted by atomic mass is 10.1. The van der Waals surface area contributed by atoms with Crippen LogP contribution in [0.3, 0.4) is 0 Å². The van der Waals surface area contributed by atoms with Crippen LogP contribution in [0.5, 0.6) is 0 Å². The summed E-state index contributed by atoms with van der Waals surface area (Å²) < 4.78 is 46.3. The Morgan fingerprint density at radius 1 is 1.03 bits per heavy atom. The Morgan fingerprint density at radius 3 is 2.49 bits per heavy atom. The highest BCUT2D eigenvalue weighted by molar-refractivity contribution is 5.90. The number of rotatable bonds is 7. The third-order valence-corrected chi connectivity index (χ3v) is 4.92. The van der Waals surface area contributed by atoms with Gasteiger partial charge in [-0.05, 0) is 54.4 Å². The predicted octanol–water partition coefficient (Wildman–Crippen LogP) is 5.89. The van der Waals surface area contributed by atoms with Crippen molar-refractivity contribution in [2.75, 3.05) is 11.9 Å². The van der Waals surface area contributed by atoms with Crippen LogP contribution in [0.25, 0.3) is 22.4 Å². The molecule has 0 radical (unpaired) electrons. The van der Waals surface area contributed by atoms with Gasteiger partial charge in [0.2, 0.25) is 0 Å². The maximum Gasteiger partial charge on any atom is 0.418 e. The molecule has 7 nitrogen and oxygen atoms in total. The van der Waals surface area contributed by atoms with E-state index in [2.05, 4.69) is 31.3 Å². The molecule has 0 unspecified atom stereocenters. The van der Waals surface area contributed by atoms with E-state index in [0.29, 0.717) is 40.8 Å².